The zero-order valence-electron chi connectivity index (χ0n) is 43.7. The first kappa shape index (κ1) is 71.0. The van der Waals surface area contributed by atoms with Gasteiger partial charge in [-0.3, -0.25) is 0 Å². The van der Waals surface area contributed by atoms with Crippen LogP contribution in [0.1, 0.15) is 0 Å². The standard InChI is InChI=1S/C47H96O25/c1-50-47(49)46-72-45-44-71-43-42-70-41-40-69-39-38-68-37-36-67-35-34-66-33-32-65-31-30-64-29-28-63-27-26-62-25-24-61-23-22-60-21-20-59-19-18-58-17-16-57-15-14-56-13-12-55-11-10-54-9-8-53-7-6-52-5-4-51-3-2-48/h47-49H,2-46H2,1H3. The summed E-state index contributed by atoms with van der Waals surface area (Å²) in [6, 6.07) is 0. The zero-order chi connectivity index (χ0) is 51.7. The summed E-state index contributed by atoms with van der Waals surface area (Å²) in [6.45, 7) is 20.6. The van der Waals surface area contributed by atoms with Crippen molar-refractivity contribution in [3.63, 3.8) is 0 Å². The highest BCUT2D eigenvalue weighted by Crippen LogP contribution is 1.91. The molecule has 1 unspecified atom stereocenters. The summed E-state index contributed by atoms with van der Waals surface area (Å²) in [5.41, 5.74) is 0. The second-order valence-corrected chi connectivity index (χ2v) is 14.3. The second-order valence-electron chi connectivity index (χ2n) is 14.3. The first-order valence-corrected chi connectivity index (χ1v) is 25.3. The molecule has 0 aromatic carbocycles. The lowest BCUT2D eigenvalue weighted by atomic mass is 10.6. The molecule has 0 aliphatic heterocycles. The molecule has 25 heteroatoms. The Morgan fingerprint density at radius 2 is 0.306 bits per heavy atom. The van der Waals surface area contributed by atoms with Crippen molar-refractivity contribution >= 4 is 0 Å². The van der Waals surface area contributed by atoms with Gasteiger partial charge in [0.25, 0.3) is 0 Å². The number of aliphatic hydroxyl groups excluding tert-OH is 2. The van der Waals surface area contributed by atoms with Crippen molar-refractivity contribution in [2.75, 3.05) is 304 Å². The summed E-state index contributed by atoms with van der Waals surface area (Å²) >= 11 is 0. The molecule has 434 valence electrons. The molecule has 0 aromatic rings. The lowest BCUT2D eigenvalue weighted by Crippen LogP contribution is -2.19. The fourth-order valence-electron chi connectivity index (χ4n) is 4.93. The van der Waals surface area contributed by atoms with Gasteiger partial charge >= 0.3 is 0 Å². The van der Waals surface area contributed by atoms with Gasteiger partial charge in [-0.15, -0.1) is 0 Å². The molecule has 0 spiro atoms. The Labute approximate surface area is 429 Å². The number of hydrogen-bond acceptors (Lipinski definition) is 25. The Kier molecular flexibility index (Phi) is 67.1. The Morgan fingerprint density at radius 1 is 0.194 bits per heavy atom. The third-order valence-electron chi connectivity index (χ3n) is 8.58. The first-order valence-electron chi connectivity index (χ1n) is 25.3. The van der Waals surface area contributed by atoms with E-state index < -0.39 is 6.29 Å². The van der Waals surface area contributed by atoms with E-state index in [0.717, 1.165) is 0 Å². The average molecular weight is 1060 g/mol. The minimum absolute atomic E-state index is 0.0179. The Bertz CT molecular complexity index is 940. The maximum Gasteiger partial charge on any atom is 0.177 e. The van der Waals surface area contributed by atoms with E-state index in [2.05, 4.69) is 4.74 Å². The summed E-state index contributed by atoms with van der Waals surface area (Å²) in [4.78, 5) is 0. The lowest BCUT2D eigenvalue weighted by Gasteiger charge is -2.10. The predicted octanol–water partition coefficient (Wildman–Crippen LogP) is -0.691. The van der Waals surface area contributed by atoms with Crippen molar-refractivity contribution in [1.82, 2.24) is 0 Å². The van der Waals surface area contributed by atoms with Gasteiger partial charge < -0.3 is 119 Å². The number of aliphatic hydroxyl groups is 2. The third-order valence-corrected chi connectivity index (χ3v) is 8.58. The van der Waals surface area contributed by atoms with Gasteiger partial charge in [-0.2, -0.15) is 0 Å². The molecule has 25 nitrogen and oxygen atoms in total. The first-order chi connectivity index (χ1) is 35.8. The highest BCUT2D eigenvalue weighted by atomic mass is 16.6. The van der Waals surface area contributed by atoms with Crippen LogP contribution < -0.4 is 0 Å². The van der Waals surface area contributed by atoms with E-state index >= 15 is 0 Å². The van der Waals surface area contributed by atoms with Crippen LogP contribution in [0.2, 0.25) is 0 Å². The number of ether oxygens (including phenoxy) is 23. The molecular weight excluding hydrogens is 964 g/mol. The van der Waals surface area contributed by atoms with Gasteiger partial charge in [0.1, 0.15) is 0 Å². The molecule has 0 heterocycles. The molecule has 0 fully saturated rings. The van der Waals surface area contributed by atoms with E-state index in [0.29, 0.717) is 284 Å². The molecule has 2 N–H and O–H groups in total. The van der Waals surface area contributed by atoms with Crippen LogP contribution in [0.25, 0.3) is 0 Å². The molecule has 0 amide bonds. The minimum atomic E-state index is -0.911. The van der Waals surface area contributed by atoms with Crippen molar-refractivity contribution in [2.24, 2.45) is 0 Å². The molecule has 0 rings (SSSR count). The smallest absolute Gasteiger partial charge is 0.177 e. The Morgan fingerprint density at radius 3 is 0.417 bits per heavy atom. The molecule has 0 aliphatic carbocycles. The highest BCUT2D eigenvalue weighted by molar-refractivity contribution is 4.43. The molecule has 72 heavy (non-hydrogen) atoms. The van der Waals surface area contributed by atoms with E-state index in [-0.39, 0.29) is 13.2 Å². The van der Waals surface area contributed by atoms with Gasteiger partial charge in [0.15, 0.2) is 6.29 Å². The van der Waals surface area contributed by atoms with Crippen LogP contribution in [0, 0.1) is 0 Å². The highest BCUT2D eigenvalue weighted by Gasteiger charge is 2.02. The quantitative estimate of drug-likeness (QED) is 0.0565. The van der Waals surface area contributed by atoms with Crippen LogP contribution in [0.3, 0.4) is 0 Å². The van der Waals surface area contributed by atoms with E-state index in [1.807, 2.05) is 0 Å². The summed E-state index contributed by atoms with van der Waals surface area (Å²) < 4.78 is 124. The molecule has 0 saturated carbocycles. The fraction of sp³-hybridized carbons (Fsp3) is 1.00. The maximum absolute atomic E-state index is 9.17. The van der Waals surface area contributed by atoms with E-state index in [1.54, 1.807) is 0 Å². The van der Waals surface area contributed by atoms with E-state index in [1.165, 1.54) is 7.11 Å². The van der Waals surface area contributed by atoms with Crippen LogP contribution in [0.15, 0.2) is 0 Å². The van der Waals surface area contributed by atoms with Crippen molar-refractivity contribution < 1.29 is 119 Å². The van der Waals surface area contributed by atoms with Crippen LogP contribution in [0.5, 0.6) is 0 Å². The summed E-state index contributed by atoms with van der Waals surface area (Å²) in [5.74, 6) is 0. The van der Waals surface area contributed by atoms with E-state index in [4.69, 9.17) is 109 Å². The topological polar surface area (TPSA) is 253 Å². The van der Waals surface area contributed by atoms with Crippen LogP contribution >= 0.6 is 0 Å². The zero-order valence-corrected chi connectivity index (χ0v) is 43.7. The van der Waals surface area contributed by atoms with Crippen molar-refractivity contribution in [1.29, 1.82) is 0 Å². The monoisotopic (exact) mass is 1060 g/mol. The van der Waals surface area contributed by atoms with E-state index in [9.17, 15) is 5.11 Å². The van der Waals surface area contributed by atoms with Gasteiger partial charge in [-0.25, -0.2) is 0 Å². The fourth-order valence-corrected chi connectivity index (χ4v) is 4.93. The van der Waals surface area contributed by atoms with Gasteiger partial charge in [0.2, 0.25) is 0 Å². The summed E-state index contributed by atoms with van der Waals surface area (Å²) in [6.07, 6.45) is -0.911. The molecule has 0 aliphatic rings. The van der Waals surface area contributed by atoms with Crippen molar-refractivity contribution in [3.8, 4) is 0 Å². The van der Waals surface area contributed by atoms with Gasteiger partial charge in [0.05, 0.1) is 297 Å². The normalized spacial score (nSPS) is 12.2. The van der Waals surface area contributed by atoms with Gasteiger partial charge in [-0.05, 0) is 0 Å². The molecule has 0 aromatic heterocycles. The van der Waals surface area contributed by atoms with Gasteiger partial charge in [0, 0.05) is 7.11 Å². The Hall–Kier alpha value is -1.00. The number of methoxy groups -OCH3 is 1. The largest absolute Gasteiger partial charge is 0.394 e. The molecular formula is C47H96O25. The predicted molar refractivity (Wildman–Crippen MR) is 258 cm³/mol. The second kappa shape index (κ2) is 68.0. The number of rotatable bonds is 68. The van der Waals surface area contributed by atoms with Crippen molar-refractivity contribution in [3.05, 3.63) is 0 Å². The average Bonchev–Trinajstić information content (AvgIpc) is 3.39. The molecule has 0 saturated heterocycles. The number of hydrogen-bond donors (Lipinski definition) is 2. The minimum Gasteiger partial charge on any atom is -0.394 e. The third kappa shape index (κ3) is 67.0. The summed E-state index contributed by atoms with van der Waals surface area (Å²) in [7, 11) is 1.41. The van der Waals surface area contributed by atoms with Crippen LogP contribution in [-0.4, -0.2) is 321 Å². The summed E-state index contributed by atoms with van der Waals surface area (Å²) in [5, 5.41) is 17.8. The van der Waals surface area contributed by atoms with Crippen molar-refractivity contribution in [2.45, 2.75) is 6.29 Å². The SMILES string of the molecule is COC(O)COCCOCCOCCOCCOCCOCCOCCOCCOCCOCCOCCOCCOCCOCCOCCOCCOCCOCCOCCOCCOCCOCCO. The van der Waals surface area contributed by atoms with Gasteiger partial charge in [-0.1, -0.05) is 0 Å². The lowest BCUT2D eigenvalue weighted by molar-refractivity contribution is -0.123. The maximum atomic E-state index is 9.17. The van der Waals surface area contributed by atoms with Crippen LogP contribution in [-0.2, 0) is 109 Å². The molecule has 1 atom stereocenters. The van der Waals surface area contributed by atoms with Crippen LogP contribution in [0.4, 0.5) is 0 Å². The molecule has 0 radical (unpaired) electrons. The molecule has 0 bridgehead atoms. The Balaban J connectivity index is 3.08.